The van der Waals surface area contributed by atoms with Gasteiger partial charge in [-0.2, -0.15) is 0 Å². The van der Waals surface area contributed by atoms with Gasteiger partial charge in [0.1, 0.15) is 12.4 Å². The van der Waals surface area contributed by atoms with Gasteiger partial charge in [-0.25, -0.2) is 4.98 Å². The van der Waals surface area contributed by atoms with Crippen molar-refractivity contribution >= 4 is 17.2 Å². The fraction of sp³-hybridized carbons (Fsp3) is 0.412. The van der Waals surface area contributed by atoms with Gasteiger partial charge < -0.3 is 14.4 Å². The van der Waals surface area contributed by atoms with Crippen LogP contribution in [0, 0.1) is 6.92 Å². The summed E-state index contributed by atoms with van der Waals surface area (Å²) >= 11 is 1.60. The predicted octanol–water partition coefficient (Wildman–Crippen LogP) is 2.89. The lowest BCUT2D eigenvalue weighted by molar-refractivity contribution is 0.00357. The summed E-state index contributed by atoms with van der Waals surface area (Å²) in [6.07, 6.45) is 0. The normalized spacial score (nSPS) is 18.0. The maximum atomic E-state index is 12.6. The zero-order valence-corrected chi connectivity index (χ0v) is 14.1. The summed E-state index contributed by atoms with van der Waals surface area (Å²) in [7, 11) is 0. The number of thiazole rings is 1. The minimum absolute atomic E-state index is 0.0238. The van der Waals surface area contributed by atoms with Crippen LogP contribution < -0.4 is 4.74 Å². The first-order chi connectivity index (χ1) is 11.1. The van der Waals surface area contributed by atoms with Crippen LogP contribution in [-0.4, -0.2) is 41.6 Å². The second-order valence-electron chi connectivity index (χ2n) is 5.60. The lowest BCUT2D eigenvalue weighted by Gasteiger charge is -2.33. The molecule has 1 aliphatic heterocycles. The zero-order chi connectivity index (χ0) is 16.2. The second-order valence-corrected chi connectivity index (χ2v) is 6.66. The van der Waals surface area contributed by atoms with Crippen molar-refractivity contribution in [3.63, 3.8) is 0 Å². The number of carbonyl (C=O) groups is 1. The molecule has 2 heterocycles. The van der Waals surface area contributed by atoms with E-state index >= 15 is 0 Å². The van der Waals surface area contributed by atoms with Crippen LogP contribution in [0.25, 0.3) is 0 Å². The molecule has 2 aromatic rings. The summed E-state index contributed by atoms with van der Waals surface area (Å²) in [6.45, 7) is 6.19. The zero-order valence-electron chi connectivity index (χ0n) is 13.3. The maximum absolute atomic E-state index is 12.6. The van der Waals surface area contributed by atoms with Gasteiger partial charge in [0.15, 0.2) is 0 Å². The molecule has 6 heteroatoms. The number of aromatic nitrogens is 1. The fourth-order valence-electron chi connectivity index (χ4n) is 2.55. The summed E-state index contributed by atoms with van der Waals surface area (Å²) in [5.41, 5.74) is 1.55. The van der Waals surface area contributed by atoms with Gasteiger partial charge in [-0.1, -0.05) is 6.07 Å². The van der Waals surface area contributed by atoms with E-state index in [1.807, 2.05) is 42.3 Å². The van der Waals surface area contributed by atoms with E-state index in [1.165, 1.54) is 0 Å². The Bertz CT molecular complexity index is 686. The second kappa shape index (κ2) is 7.10. The van der Waals surface area contributed by atoms with Crippen molar-refractivity contribution in [1.82, 2.24) is 9.88 Å². The highest BCUT2D eigenvalue weighted by Crippen LogP contribution is 2.19. The molecule has 0 aliphatic carbocycles. The number of aryl methyl sites for hydroxylation is 1. The molecule has 1 unspecified atom stereocenters. The third kappa shape index (κ3) is 3.89. The Hall–Kier alpha value is -1.92. The van der Waals surface area contributed by atoms with Crippen molar-refractivity contribution in [3.05, 3.63) is 45.9 Å². The molecule has 0 radical (unpaired) electrons. The monoisotopic (exact) mass is 332 g/mol. The third-order valence-corrected chi connectivity index (χ3v) is 4.59. The molecule has 5 nitrogen and oxygen atoms in total. The Balaban J connectivity index is 1.67. The van der Waals surface area contributed by atoms with Crippen molar-refractivity contribution < 1.29 is 14.3 Å². The number of carbonyl (C=O) groups excluding carboxylic acids is 1. The maximum Gasteiger partial charge on any atom is 0.254 e. The van der Waals surface area contributed by atoms with Crippen LogP contribution in [0.4, 0.5) is 0 Å². The lowest BCUT2D eigenvalue weighted by Crippen LogP contribution is -2.47. The average molecular weight is 332 g/mol. The molecule has 122 valence electrons. The number of rotatable bonds is 4. The van der Waals surface area contributed by atoms with Gasteiger partial charge in [-0.15, -0.1) is 11.3 Å². The molecule has 1 atom stereocenters. The quantitative estimate of drug-likeness (QED) is 0.864. The highest BCUT2D eigenvalue weighted by atomic mass is 32.1. The van der Waals surface area contributed by atoms with Gasteiger partial charge in [0.2, 0.25) is 0 Å². The standard InChI is InChI=1S/C17H20N2O3S/c1-12-9-21-7-6-19(12)17(20)14-4-3-5-16(8-14)22-10-15-11-23-13(2)18-15/h3-5,8,11-12H,6-7,9-10H2,1-2H3. The number of benzene rings is 1. The Kier molecular flexibility index (Phi) is 4.93. The van der Waals surface area contributed by atoms with Crippen LogP contribution in [0.2, 0.25) is 0 Å². The molecule has 1 saturated heterocycles. The van der Waals surface area contributed by atoms with Gasteiger partial charge in [-0.3, -0.25) is 4.79 Å². The highest BCUT2D eigenvalue weighted by Gasteiger charge is 2.24. The molecular formula is C17H20N2O3S. The summed E-state index contributed by atoms with van der Waals surface area (Å²) in [4.78, 5) is 18.9. The van der Waals surface area contributed by atoms with E-state index in [0.29, 0.717) is 37.7 Å². The molecule has 0 bridgehead atoms. The van der Waals surface area contributed by atoms with Gasteiger partial charge in [0.25, 0.3) is 5.91 Å². The van der Waals surface area contributed by atoms with Gasteiger partial charge in [0.05, 0.1) is 30.0 Å². The number of hydrogen-bond acceptors (Lipinski definition) is 5. The Morgan fingerprint density at radius 1 is 1.52 bits per heavy atom. The Morgan fingerprint density at radius 3 is 3.13 bits per heavy atom. The summed E-state index contributed by atoms with van der Waals surface area (Å²) in [6, 6.07) is 7.42. The number of amides is 1. The van der Waals surface area contributed by atoms with E-state index in [4.69, 9.17) is 9.47 Å². The molecule has 1 amide bonds. The van der Waals surface area contributed by atoms with Crippen LogP contribution in [0.1, 0.15) is 28.0 Å². The van der Waals surface area contributed by atoms with Crippen LogP contribution in [0.15, 0.2) is 29.6 Å². The smallest absolute Gasteiger partial charge is 0.254 e. The predicted molar refractivity (Wildman–Crippen MR) is 88.9 cm³/mol. The third-order valence-electron chi connectivity index (χ3n) is 3.76. The van der Waals surface area contributed by atoms with Gasteiger partial charge in [0, 0.05) is 17.5 Å². The molecular weight excluding hydrogens is 312 g/mol. The van der Waals surface area contributed by atoms with Crippen molar-refractivity contribution in [2.24, 2.45) is 0 Å². The molecule has 0 saturated carbocycles. The Morgan fingerprint density at radius 2 is 2.39 bits per heavy atom. The largest absolute Gasteiger partial charge is 0.487 e. The van der Waals surface area contributed by atoms with E-state index < -0.39 is 0 Å². The first-order valence-corrected chi connectivity index (χ1v) is 8.54. The number of ether oxygens (including phenoxy) is 2. The molecule has 23 heavy (non-hydrogen) atoms. The summed E-state index contributed by atoms with van der Waals surface area (Å²) in [5, 5.41) is 3.01. The van der Waals surface area contributed by atoms with Crippen molar-refractivity contribution in [1.29, 1.82) is 0 Å². The van der Waals surface area contributed by atoms with Gasteiger partial charge >= 0.3 is 0 Å². The summed E-state index contributed by atoms with van der Waals surface area (Å²) < 4.78 is 11.1. The molecule has 1 aromatic heterocycles. The van der Waals surface area contributed by atoms with Crippen LogP contribution >= 0.6 is 11.3 Å². The van der Waals surface area contributed by atoms with Crippen LogP contribution in [0.3, 0.4) is 0 Å². The summed E-state index contributed by atoms with van der Waals surface area (Å²) in [5.74, 6) is 0.707. The minimum Gasteiger partial charge on any atom is -0.487 e. The van der Waals surface area contributed by atoms with Crippen LogP contribution in [0.5, 0.6) is 5.75 Å². The van der Waals surface area contributed by atoms with Crippen molar-refractivity contribution in [2.45, 2.75) is 26.5 Å². The molecule has 0 spiro atoms. The van der Waals surface area contributed by atoms with Gasteiger partial charge in [-0.05, 0) is 32.0 Å². The Labute approximate surface area is 139 Å². The van der Waals surface area contributed by atoms with E-state index in [1.54, 1.807) is 17.4 Å². The topological polar surface area (TPSA) is 51.7 Å². The van der Waals surface area contributed by atoms with E-state index in [-0.39, 0.29) is 11.9 Å². The van der Waals surface area contributed by atoms with E-state index in [2.05, 4.69) is 4.98 Å². The molecule has 3 rings (SSSR count). The molecule has 1 fully saturated rings. The first kappa shape index (κ1) is 16.0. The SMILES string of the molecule is Cc1nc(COc2cccc(C(=O)N3CCOCC3C)c2)cs1. The molecule has 1 aromatic carbocycles. The van der Waals surface area contributed by atoms with Crippen LogP contribution in [-0.2, 0) is 11.3 Å². The average Bonchev–Trinajstić information content (AvgIpc) is 2.98. The highest BCUT2D eigenvalue weighted by molar-refractivity contribution is 7.09. The molecule has 0 N–H and O–H groups in total. The van der Waals surface area contributed by atoms with Crippen molar-refractivity contribution in [2.75, 3.05) is 19.8 Å². The number of hydrogen-bond donors (Lipinski definition) is 0. The first-order valence-electron chi connectivity index (χ1n) is 7.66. The van der Waals surface area contributed by atoms with E-state index in [0.717, 1.165) is 10.7 Å². The molecule has 1 aliphatic rings. The number of nitrogens with zero attached hydrogens (tertiary/aromatic N) is 2. The minimum atomic E-state index is 0.0238. The van der Waals surface area contributed by atoms with E-state index in [9.17, 15) is 4.79 Å². The number of morpholine rings is 1. The lowest BCUT2D eigenvalue weighted by atomic mass is 10.1. The fourth-order valence-corrected chi connectivity index (χ4v) is 3.14. The van der Waals surface area contributed by atoms with Crippen molar-refractivity contribution in [3.8, 4) is 5.75 Å².